The fraction of sp³-hybridized carbons (Fsp3) is 0.0769. The second kappa shape index (κ2) is 9.34. The van der Waals surface area contributed by atoms with Crippen molar-refractivity contribution in [2.75, 3.05) is 15.1 Å². The Morgan fingerprint density at radius 2 is 1.76 bits per heavy atom. The number of nitrogens with two attached hydrogens (primary N) is 1. The Hall–Kier alpha value is -4.80. The summed E-state index contributed by atoms with van der Waals surface area (Å²) in [7, 11) is 0. The van der Waals surface area contributed by atoms with Crippen LogP contribution in [0.15, 0.2) is 94.5 Å². The number of benzene rings is 3. The maximum atomic E-state index is 14.5. The molecule has 4 aromatic rings. The third-order valence-electron chi connectivity index (χ3n) is 5.76. The van der Waals surface area contributed by atoms with E-state index in [1.807, 2.05) is 35.2 Å². The molecule has 3 N–H and O–H groups in total. The Morgan fingerprint density at radius 3 is 2.43 bits per heavy atom. The van der Waals surface area contributed by atoms with Gasteiger partial charge in [-0.25, -0.2) is 14.2 Å². The lowest BCUT2D eigenvalue weighted by molar-refractivity contribution is -0.137. The molecule has 0 saturated carbocycles. The zero-order valence-electron chi connectivity index (χ0n) is 19.0. The van der Waals surface area contributed by atoms with Crippen LogP contribution < -0.4 is 20.9 Å². The number of amides is 2. The Balaban J connectivity index is 1.49. The predicted octanol–water partition coefficient (Wildman–Crippen LogP) is 6.95. The maximum Gasteiger partial charge on any atom is 0.416 e. The number of alkyl halides is 3. The van der Waals surface area contributed by atoms with E-state index in [2.05, 4.69) is 10.3 Å². The Labute approximate surface area is 208 Å². The summed E-state index contributed by atoms with van der Waals surface area (Å²) < 4.78 is 59.6. The van der Waals surface area contributed by atoms with Gasteiger partial charge in [0.2, 0.25) is 5.88 Å². The van der Waals surface area contributed by atoms with Crippen LogP contribution in [-0.2, 0) is 6.18 Å². The Kier molecular flexibility index (Phi) is 6.04. The molecule has 2 amide bonds. The Morgan fingerprint density at radius 1 is 1.03 bits per heavy atom. The van der Waals surface area contributed by atoms with E-state index in [4.69, 9.17) is 10.2 Å². The third kappa shape index (κ3) is 4.70. The number of halogens is 4. The lowest BCUT2D eigenvalue weighted by atomic mass is 10.1. The van der Waals surface area contributed by atoms with Crippen LogP contribution in [0.25, 0.3) is 0 Å². The highest BCUT2D eigenvalue weighted by Crippen LogP contribution is 2.39. The minimum absolute atomic E-state index is 0.0833. The molecule has 1 unspecified atom stereocenters. The van der Waals surface area contributed by atoms with Crippen LogP contribution in [0.1, 0.15) is 17.3 Å². The van der Waals surface area contributed by atoms with Crippen molar-refractivity contribution < 1.29 is 26.8 Å². The molecular formula is C26H19F4N5O2. The van der Waals surface area contributed by atoms with Gasteiger partial charge in [0.15, 0.2) is 0 Å². The van der Waals surface area contributed by atoms with Gasteiger partial charge in [-0.2, -0.15) is 13.2 Å². The van der Waals surface area contributed by atoms with Gasteiger partial charge in [0, 0.05) is 11.4 Å². The first-order chi connectivity index (χ1) is 17.7. The lowest BCUT2D eigenvalue weighted by Crippen LogP contribution is -2.35. The summed E-state index contributed by atoms with van der Waals surface area (Å²) in [4.78, 5) is 19.0. The van der Waals surface area contributed by atoms with Crippen molar-refractivity contribution in [2.24, 2.45) is 10.7 Å². The first-order valence-electron chi connectivity index (χ1n) is 11.0. The molecule has 5 rings (SSSR count). The molecule has 0 saturated heterocycles. The van der Waals surface area contributed by atoms with E-state index in [0.717, 1.165) is 11.3 Å². The van der Waals surface area contributed by atoms with Crippen molar-refractivity contribution in [2.45, 2.75) is 12.3 Å². The number of hydrogen-bond donors (Lipinski definition) is 2. The smallest absolute Gasteiger partial charge is 0.416 e. The van der Waals surface area contributed by atoms with E-state index in [1.165, 1.54) is 18.4 Å². The maximum absolute atomic E-state index is 14.5. The number of anilines is 4. The second-order valence-corrected chi connectivity index (χ2v) is 8.10. The van der Waals surface area contributed by atoms with Gasteiger partial charge in [-0.3, -0.25) is 4.90 Å². The summed E-state index contributed by atoms with van der Waals surface area (Å²) in [6, 6.07) is 18.1. The number of carbonyl (C=O) groups is 1. The van der Waals surface area contributed by atoms with E-state index in [0.29, 0.717) is 34.7 Å². The van der Waals surface area contributed by atoms with Gasteiger partial charge in [-0.1, -0.05) is 18.2 Å². The van der Waals surface area contributed by atoms with Gasteiger partial charge < -0.3 is 20.4 Å². The monoisotopic (exact) mass is 509 g/mol. The van der Waals surface area contributed by atoms with E-state index in [1.54, 1.807) is 24.5 Å². The molecule has 1 aliphatic heterocycles. The highest BCUT2D eigenvalue weighted by molar-refractivity contribution is 5.99. The fourth-order valence-electron chi connectivity index (χ4n) is 4.03. The summed E-state index contributed by atoms with van der Waals surface area (Å²) in [6.07, 6.45) is -2.04. The molecule has 7 nitrogen and oxygen atoms in total. The molecule has 0 bridgehead atoms. The Bertz CT molecular complexity index is 1450. The van der Waals surface area contributed by atoms with E-state index in [-0.39, 0.29) is 5.69 Å². The van der Waals surface area contributed by atoms with Crippen molar-refractivity contribution in [3.63, 3.8) is 0 Å². The first kappa shape index (κ1) is 23.9. The highest BCUT2D eigenvalue weighted by Gasteiger charge is 2.33. The van der Waals surface area contributed by atoms with E-state index in [9.17, 15) is 22.4 Å². The van der Waals surface area contributed by atoms with Gasteiger partial charge in [0.25, 0.3) is 0 Å². The SMILES string of the molecule is NC(=O)N(c1ccc(N2C=Nc3occc3C2Nc2ccccc2)cc1)c1cc(C(F)(F)F)ccc1F. The number of furan rings is 1. The largest absolute Gasteiger partial charge is 0.446 e. The highest BCUT2D eigenvalue weighted by atomic mass is 19.4. The average Bonchev–Trinajstić information content (AvgIpc) is 3.35. The van der Waals surface area contributed by atoms with Gasteiger partial charge in [-0.05, 0) is 60.7 Å². The molecule has 0 aliphatic carbocycles. The van der Waals surface area contributed by atoms with Crippen molar-refractivity contribution in [3.8, 4) is 0 Å². The van der Waals surface area contributed by atoms with Gasteiger partial charge in [-0.15, -0.1) is 0 Å². The molecule has 1 aliphatic rings. The molecule has 11 heteroatoms. The quantitative estimate of drug-likeness (QED) is 0.285. The van der Waals surface area contributed by atoms with Crippen LogP contribution >= 0.6 is 0 Å². The second-order valence-electron chi connectivity index (χ2n) is 8.10. The van der Waals surface area contributed by atoms with Crippen molar-refractivity contribution in [3.05, 3.63) is 102 Å². The van der Waals surface area contributed by atoms with Crippen LogP contribution in [0, 0.1) is 5.82 Å². The minimum atomic E-state index is -4.73. The molecule has 0 fully saturated rings. The molecule has 37 heavy (non-hydrogen) atoms. The molecule has 3 aromatic carbocycles. The minimum Gasteiger partial charge on any atom is -0.446 e. The summed E-state index contributed by atoms with van der Waals surface area (Å²) in [5.74, 6) is -0.583. The third-order valence-corrected chi connectivity index (χ3v) is 5.76. The number of aliphatic imine (C=N–C) groups is 1. The van der Waals surface area contributed by atoms with Crippen molar-refractivity contribution in [1.82, 2.24) is 0 Å². The van der Waals surface area contributed by atoms with Crippen LogP contribution in [-0.4, -0.2) is 12.4 Å². The van der Waals surface area contributed by atoms with Gasteiger partial charge >= 0.3 is 12.2 Å². The molecule has 1 aromatic heterocycles. The molecule has 1 atom stereocenters. The van der Waals surface area contributed by atoms with Crippen LogP contribution in [0.5, 0.6) is 0 Å². The molecule has 0 radical (unpaired) electrons. The number of nitrogens with one attached hydrogen (secondary N) is 1. The number of para-hydroxylation sites is 1. The van der Waals surface area contributed by atoms with E-state index < -0.39 is 35.4 Å². The lowest BCUT2D eigenvalue weighted by Gasteiger charge is -2.33. The van der Waals surface area contributed by atoms with Gasteiger partial charge in [0.1, 0.15) is 18.3 Å². The number of fused-ring (bicyclic) bond motifs is 1. The fourth-order valence-corrected chi connectivity index (χ4v) is 4.03. The number of rotatable bonds is 5. The predicted molar refractivity (Wildman–Crippen MR) is 132 cm³/mol. The average molecular weight is 509 g/mol. The first-order valence-corrected chi connectivity index (χ1v) is 11.0. The number of carbonyl (C=O) groups excluding carboxylic acids is 1. The zero-order valence-corrected chi connectivity index (χ0v) is 19.0. The number of urea groups is 1. The van der Waals surface area contributed by atoms with E-state index >= 15 is 0 Å². The van der Waals surface area contributed by atoms with Gasteiger partial charge in [0.05, 0.1) is 28.8 Å². The van der Waals surface area contributed by atoms with Crippen LogP contribution in [0.2, 0.25) is 0 Å². The van der Waals surface area contributed by atoms with Crippen LogP contribution in [0.4, 0.5) is 51.0 Å². The van der Waals surface area contributed by atoms with Crippen molar-refractivity contribution in [1.29, 1.82) is 0 Å². The zero-order chi connectivity index (χ0) is 26.2. The van der Waals surface area contributed by atoms with Crippen LogP contribution in [0.3, 0.4) is 0 Å². The number of nitrogens with zero attached hydrogens (tertiary/aromatic N) is 3. The number of hydrogen-bond acceptors (Lipinski definition) is 5. The standard InChI is InChI=1S/C26H19F4N5O2/c27-21-11-6-16(26(28,29)30)14-22(21)35(25(31)36)19-9-7-18(8-10-19)34-15-32-24-20(12-13-37-24)23(34)33-17-4-2-1-3-5-17/h1-15,23,33H,(H2,31,36). The summed E-state index contributed by atoms with van der Waals surface area (Å²) >= 11 is 0. The molecular weight excluding hydrogens is 490 g/mol. The summed E-state index contributed by atoms with van der Waals surface area (Å²) in [6.45, 7) is 0. The molecule has 0 spiro atoms. The topological polar surface area (TPSA) is 87.1 Å². The summed E-state index contributed by atoms with van der Waals surface area (Å²) in [5.41, 5.74) is 6.06. The van der Waals surface area contributed by atoms with Crippen molar-refractivity contribution >= 4 is 41.0 Å². The number of primary amides is 1. The normalized spacial score (nSPS) is 14.8. The molecule has 2 heterocycles. The molecule has 188 valence electrons. The summed E-state index contributed by atoms with van der Waals surface area (Å²) in [5, 5.41) is 3.42.